The summed E-state index contributed by atoms with van der Waals surface area (Å²) < 4.78 is 27.9. The molecule has 3 aliphatic carbocycles. The quantitative estimate of drug-likeness (QED) is 0.300. The molecule has 0 aromatic carbocycles. The Balaban J connectivity index is 1.81. The maximum Gasteiger partial charge on any atom is 0.308 e. The second-order valence-corrected chi connectivity index (χ2v) is 14.8. The van der Waals surface area contributed by atoms with Gasteiger partial charge in [0.05, 0.1) is 32.0 Å². The maximum atomic E-state index is 14.6. The van der Waals surface area contributed by atoms with Crippen LogP contribution in [0.2, 0.25) is 0 Å². The van der Waals surface area contributed by atoms with Gasteiger partial charge in [-0.2, -0.15) is 0 Å². The topological polar surface area (TPSA) is 196 Å². The molecule has 0 bridgehead atoms. The summed E-state index contributed by atoms with van der Waals surface area (Å²) in [6.45, 7) is 10.8. The third-order valence-corrected chi connectivity index (χ3v) is 11.8. The third kappa shape index (κ3) is 4.33. The zero-order valence-electron chi connectivity index (χ0n) is 27.4. The molecular formula is C33H44O13. The molecule has 3 saturated carbocycles. The number of hydrogen-bond donors (Lipinski definition) is 3. The molecule has 2 heterocycles. The number of rotatable bonds is 6. The first-order valence-corrected chi connectivity index (χ1v) is 15.6. The summed E-state index contributed by atoms with van der Waals surface area (Å²) in [5, 5.41) is 37.9. The molecule has 4 fully saturated rings. The Morgan fingerprint density at radius 1 is 1.09 bits per heavy atom. The van der Waals surface area contributed by atoms with E-state index in [1.54, 1.807) is 40.7 Å². The highest BCUT2D eigenvalue weighted by molar-refractivity contribution is 5.96. The van der Waals surface area contributed by atoms with E-state index >= 15 is 0 Å². The van der Waals surface area contributed by atoms with Crippen molar-refractivity contribution in [3.05, 3.63) is 24.2 Å². The van der Waals surface area contributed by atoms with Crippen LogP contribution in [0, 0.1) is 39.9 Å². The Labute approximate surface area is 266 Å². The number of cyclic esters (lactones) is 1. The fourth-order valence-corrected chi connectivity index (χ4v) is 9.85. The molecule has 13 nitrogen and oxygen atoms in total. The van der Waals surface area contributed by atoms with E-state index in [4.69, 9.17) is 23.4 Å². The van der Waals surface area contributed by atoms with Crippen molar-refractivity contribution in [2.45, 2.75) is 103 Å². The van der Waals surface area contributed by atoms with Gasteiger partial charge in [0.2, 0.25) is 0 Å². The van der Waals surface area contributed by atoms with Crippen LogP contribution >= 0.6 is 0 Å². The zero-order valence-corrected chi connectivity index (χ0v) is 27.4. The van der Waals surface area contributed by atoms with Gasteiger partial charge < -0.3 is 38.7 Å². The molecular weight excluding hydrogens is 604 g/mol. The van der Waals surface area contributed by atoms with Crippen molar-refractivity contribution in [2.24, 2.45) is 39.9 Å². The monoisotopic (exact) mass is 648 g/mol. The van der Waals surface area contributed by atoms with E-state index in [1.165, 1.54) is 33.5 Å². The Morgan fingerprint density at radius 2 is 1.74 bits per heavy atom. The molecule has 0 spiro atoms. The van der Waals surface area contributed by atoms with E-state index in [1.807, 2.05) is 0 Å². The lowest BCUT2D eigenvalue weighted by molar-refractivity contribution is -0.322. The van der Waals surface area contributed by atoms with Gasteiger partial charge in [-0.25, -0.2) is 0 Å². The Hall–Kier alpha value is -3.29. The van der Waals surface area contributed by atoms with Crippen LogP contribution in [0.5, 0.6) is 0 Å². The average molecular weight is 649 g/mol. The maximum absolute atomic E-state index is 14.6. The molecule has 1 aliphatic heterocycles. The highest BCUT2D eigenvalue weighted by Gasteiger charge is 2.86. The zero-order chi connectivity index (χ0) is 34.4. The first kappa shape index (κ1) is 34.1. The van der Waals surface area contributed by atoms with Gasteiger partial charge in [-0.1, -0.05) is 41.5 Å². The molecule has 254 valence electrons. The molecule has 3 N–H and O–H groups in total. The molecule has 1 saturated heterocycles. The molecule has 0 amide bonds. The van der Waals surface area contributed by atoms with Crippen LogP contribution < -0.4 is 0 Å². The standard InChI is InChI=1S/C33H44O13/c1-15(2)27(39)46-28-29(4,5)19(11-21(35)42-8)31(7)23-18(44-16(3)34)13-30(6)20(32(23,40)24(37)25(38)33(28,31)41)12-22(36)45-26(30)17-9-10-43-14-17/h9-10,14-15,18-20,23-24,26,28,37,40-41H,11-13H2,1-8H3. The number of Topliss-reactive ketones (excluding diaryl/α,β-unsaturated/α-hetero) is 1. The van der Waals surface area contributed by atoms with E-state index in [0.717, 1.165) is 0 Å². The van der Waals surface area contributed by atoms with Crippen LogP contribution in [0.3, 0.4) is 0 Å². The second-order valence-electron chi connectivity index (χ2n) is 14.8. The molecule has 11 atom stereocenters. The van der Waals surface area contributed by atoms with Crippen LogP contribution in [0.1, 0.15) is 79.4 Å². The molecule has 13 heteroatoms. The number of ether oxygens (including phenoxy) is 4. The minimum Gasteiger partial charge on any atom is -0.472 e. The second kappa shape index (κ2) is 10.9. The van der Waals surface area contributed by atoms with E-state index < -0.39 is 112 Å². The van der Waals surface area contributed by atoms with Crippen molar-refractivity contribution >= 4 is 29.7 Å². The first-order chi connectivity index (χ1) is 21.2. The highest BCUT2D eigenvalue weighted by Crippen LogP contribution is 2.74. The number of aliphatic hydroxyl groups is 3. The molecule has 4 aliphatic rings. The molecule has 1 aromatic heterocycles. The number of methoxy groups -OCH3 is 1. The summed E-state index contributed by atoms with van der Waals surface area (Å²) in [4.78, 5) is 66.6. The molecule has 0 radical (unpaired) electrons. The number of carbonyl (C=O) groups excluding carboxylic acids is 5. The van der Waals surface area contributed by atoms with Crippen LogP contribution in [-0.4, -0.2) is 81.6 Å². The number of fused-ring (bicyclic) bond motifs is 5. The van der Waals surface area contributed by atoms with E-state index in [9.17, 15) is 39.3 Å². The Bertz CT molecular complexity index is 1430. The Kier molecular flexibility index (Phi) is 8.05. The van der Waals surface area contributed by atoms with Crippen LogP contribution in [0.15, 0.2) is 23.0 Å². The summed E-state index contributed by atoms with van der Waals surface area (Å²) >= 11 is 0. The number of esters is 4. The summed E-state index contributed by atoms with van der Waals surface area (Å²) in [5.41, 5.74) is -9.20. The van der Waals surface area contributed by atoms with Crippen molar-refractivity contribution in [2.75, 3.05) is 7.11 Å². The van der Waals surface area contributed by atoms with Gasteiger partial charge in [-0.3, -0.25) is 24.0 Å². The van der Waals surface area contributed by atoms with Crippen molar-refractivity contribution in [3.63, 3.8) is 0 Å². The van der Waals surface area contributed by atoms with E-state index in [0.29, 0.717) is 5.56 Å². The summed E-state index contributed by atoms with van der Waals surface area (Å²) in [6, 6.07) is 1.59. The number of ketones is 1. The van der Waals surface area contributed by atoms with Crippen molar-refractivity contribution in [3.8, 4) is 0 Å². The van der Waals surface area contributed by atoms with Gasteiger partial charge in [0.25, 0.3) is 0 Å². The number of carbonyl (C=O) groups is 5. The van der Waals surface area contributed by atoms with Gasteiger partial charge in [-0.15, -0.1) is 0 Å². The largest absolute Gasteiger partial charge is 0.472 e. The molecule has 5 rings (SSSR count). The Morgan fingerprint density at radius 3 is 2.28 bits per heavy atom. The number of hydrogen-bond acceptors (Lipinski definition) is 13. The van der Waals surface area contributed by atoms with Crippen molar-refractivity contribution in [1.82, 2.24) is 0 Å². The third-order valence-electron chi connectivity index (χ3n) is 11.8. The lowest BCUT2D eigenvalue weighted by atomic mass is 9.39. The van der Waals surface area contributed by atoms with Gasteiger partial charge in [0, 0.05) is 47.0 Å². The van der Waals surface area contributed by atoms with Crippen LogP contribution in [0.4, 0.5) is 0 Å². The van der Waals surface area contributed by atoms with E-state index in [2.05, 4.69) is 0 Å². The fraction of sp³-hybridized carbons (Fsp3) is 0.727. The lowest BCUT2D eigenvalue weighted by Crippen LogP contribution is -2.82. The summed E-state index contributed by atoms with van der Waals surface area (Å²) in [5.74, 6) is -8.46. The van der Waals surface area contributed by atoms with Gasteiger partial charge in [0.1, 0.15) is 30.0 Å². The first-order valence-electron chi connectivity index (χ1n) is 15.6. The summed E-state index contributed by atoms with van der Waals surface area (Å²) in [7, 11) is 1.18. The van der Waals surface area contributed by atoms with Crippen LogP contribution in [-0.2, 0) is 42.9 Å². The molecule has 1 aromatic rings. The molecule has 11 unspecified atom stereocenters. The minimum atomic E-state index is -2.68. The van der Waals surface area contributed by atoms with Gasteiger partial charge in [0.15, 0.2) is 11.4 Å². The normalized spacial score (nSPS) is 42.7. The van der Waals surface area contributed by atoms with Crippen molar-refractivity contribution in [1.29, 1.82) is 0 Å². The number of furan rings is 1. The predicted octanol–water partition coefficient (Wildman–Crippen LogP) is 2.04. The fourth-order valence-electron chi connectivity index (χ4n) is 9.85. The van der Waals surface area contributed by atoms with Crippen LogP contribution in [0.25, 0.3) is 0 Å². The average Bonchev–Trinajstić information content (AvgIpc) is 3.54. The van der Waals surface area contributed by atoms with Gasteiger partial charge >= 0.3 is 23.9 Å². The number of aliphatic hydroxyl groups excluding tert-OH is 1. The minimum absolute atomic E-state index is 0.0399. The van der Waals surface area contributed by atoms with Crippen molar-refractivity contribution < 1.29 is 62.7 Å². The lowest BCUT2D eigenvalue weighted by Gasteiger charge is -2.68. The summed E-state index contributed by atoms with van der Waals surface area (Å²) in [6.07, 6.45) is -4.32. The smallest absolute Gasteiger partial charge is 0.308 e. The predicted molar refractivity (Wildman–Crippen MR) is 155 cm³/mol. The SMILES string of the molecule is COC(=O)CC1C(C)(C)C(OC(=O)C(C)C)C2(O)C(=O)C(O)C3(O)C4CC(=O)OC(c5ccoc5)C4(C)CC(OC(C)=O)C3C12C. The highest BCUT2D eigenvalue weighted by atomic mass is 16.6. The molecule has 46 heavy (non-hydrogen) atoms. The van der Waals surface area contributed by atoms with Gasteiger partial charge in [-0.05, 0) is 18.4 Å². The van der Waals surface area contributed by atoms with E-state index in [-0.39, 0.29) is 12.8 Å².